The smallest absolute Gasteiger partial charge is 0.0645 e. The quantitative estimate of drug-likeness (QED) is 0.178. The van der Waals surface area contributed by atoms with Crippen LogP contribution in [0.1, 0.15) is 40.2 Å². The Bertz CT molecular complexity index is 3790. The van der Waals surface area contributed by atoms with E-state index in [1.54, 1.807) is 0 Å². The molecule has 0 spiro atoms. The highest BCUT2D eigenvalue weighted by Crippen LogP contribution is 2.52. The third kappa shape index (κ3) is 5.60. The number of benzene rings is 7. The van der Waals surface area contributed by atoms with Gasteiger partial charge in [-0.2, -0.15) is 0 Å². The molecule has 0 amide bonds. The van der Waals surface area contributed by atoms with E-state index in [1.165, 1.54) is 122 Å². The molecule has 0 saturated carbocycles. The number of aromatic nitrogens is 4. The number of allylic oxidation sites excluding steroid dienone is 4. The van der Waals surface area contributed by atoms with Gasteiger partial charge in [-0.25, -0.2) is 0 Å². The van der Waals surface area contributed by atoms with Crippen LogP contribution in [-0.4, -0.2) is 19.1 Å². The zero-order valence-electron chi connectivity index (χ0n) is 35.9. The van der Waals surface area contributed by atoms with Crippen LogP contribution in [0.5, 0.6) is 0 Å². The fourth-order valence-electron chi connectivity index (χ4n) is 11.8. The number of aryl methyl sites for hydroxylation is 4. The highest BCUT2D eigenvalue weighted by Gasteiger charge is 2.33. The van der Waals surface area contributed by atoms with Crippen LogP contribution in [0.4, 0.5) is 0 Å². The van der Waals surface area contributed by atoms with Gasteiger partial charge in [-0.05, 0) is 165 Å². The van der Waals surface area contributed by atoms with E-state index in [-0.39, 0.29) is 0 Å². The lowest BCUT2D eigenvalue weighted by molar-refractivity contribution is 0.854. The largest absolute Gasteiger partial charge is 0.366 e. The van der Waals surface area contributed by atoms with Crippen LogP contribution in [0.25, 0.3) is 99.5 Å². The van der Waals surface area contributed by atoms with Crippen molar-refractivity contribution in [2.75, 3.05) is 0 Å². The van der Waals surface area contributed by atoms with E-state index < -0.39 is 0 Å². The van der Waals surface area contributed by atoms with Crippen LogP contribution in [0.15, 0.2) is 195 Å². The molecule has 0 bridgehead atoms. The Morgan fingerprint density at radius 3 is 1.75 bits per heavy atom. The van der Waals surface area contributed by atoms with Crippen LogP contribution in [-0.2, 0) is 25.7 Å². The van der Waals surface area contributed by atoms with E-state index >= 15 is 0 Å². The van der Waals surface area contributed by atoms with Gasteiger partial charge in [0, 0.05) is 46.1 Å². The molecule has 0 fully saturated rings. The molecule has 1 atom stereocenters. The molecule has 1 N–H and O–H groups in total. The second kappa shape index (κ2) is 14.3. The van der Waals surface area contributed by atoms with Crippen LogP contribution < -0.4 is 0 Å². The van der Waals surface area contributed by atoms with Gasteiger partial charge in [0.2, 0.25) is 0 Å². The van der Waals surface area contributed by atoms with E-state index in [0.717, 1.165) is 37.8 Å². The molecule has 14 rings (SSSR count). The van der Waals surface area contributed by atoms with Gasteiger partial charge in [0.25, 0.3) is 0 Å². The lowest BCUT2D eigenvalue weighted by atomic mass is 9.74. The van der Waals surface area contributed by atoms with Crippen LogP contribution in [0.2, 0.25) is 0 Å². The minimum atomic E-state index is 0.412. The SMILES string of the molecule is C1=CCC(c2cccc(-c3ccc4c(c3)c3cc5c6c(c3n4-c3cccnc3)CCc3c-6c(cc4c6cc(-c7cccc(-c8ccccc8)c7)ccc6n(-c6cc[nH]c6)c34)CC5)c2)C=C1. The van der Waals surface area contributed by atoms with E-state index in [4.69, 9.17) is 0 Å². The molecule has 4 heteroatoms. The Hall–Kier alpha value is -7.95. The number of H-pyrrole nitrogens is 1. The standard InChI is InChI=1S/C61H44N4/c1-3-10-38(11-4-1)40-14-7-16-42(30-40)44-21-25-56-52(32-44)54-34-46-19-20-47-35-55-53-33-45(43-17-8-15-41(31-43)39-12-5-2-6-13-39)22-26-57(53)65(49-27-29-63-37-49)61(55)51-24-23-50(58(46)59(47)51)60(54)64(56)48-18-9-28-62-36-48/h1-10,12-18,21-22,25-38,63H,11,19-20,23-24H2. The summed E-state index contributed by atoms with van der Waals surface area (Å²) in [6.07, 6.45) is 22.1. The minimum Gasteiger partial charge on any atom is -0.366 e. The molecule has 0 saturated heterocycles. The van der Waals surface area contributed by atoms with Gasteiger partial charge in [0.15, 0.2) is 0 Å². The molecule has 0 radical (unpaired) electrons. The molecule has 4 heterocycles. The normalized spacial score (nSPS) is 15.1. The summed E-state index contributed by atoms with van der Waals surface area (Å²) in [5.41, 5.74) is 25.0. The first-order valence-electron chi connectivity index (χ1n) is 23.1. The first-order valence-corrected chi connectivity index (χ1v) is 23.1. The zero-order valence-corrected chi connectivity index (χ0v) is 35.9. The highest BCUT2D eigenvalue weighted by atomic mass is 15.0. The van der Waals surface area contributed by atoms with Gasteiger partial charge in [-0.15, -0.1) is 0 Å². The first-order chi connectivity index (χ1) is 32.2. The lowest BCUT2D eigenvalue weighted by Crippen LogP contribution is -2.16. The molecule has 65 heavy (non-hydrogen) atoms. The summed E-state index contributed by atoms with van der Waals surface area (Å²) in [7, 11) is 0. The summed E-state index contributed by atoms with van der Waals surface area (Å²) < 4.78 is 5.04. The monoisotopic (exact) mass is 832 g/mol. The maximum Gasteiger partial charge on any atom is 0.0645 e. The number of fused-ring (bicyclic) bond motifs is 8. The van der Waals surface area contributed by atoms with Crippen molar-refractivity contribution < 1.29 is 0 Å². The molecule has 0 aliphatic heterocycles. The van der Waals surface area contributed by atoms with E-state index in [9.17, 15) is 0 Å². The second-order valence-electron chi connectivity index (χ2n) is 18.2. The Labute approximate surface area is 377 Å². The molecule has 11 aromatic rings. The summed E-state index contributed by atoms with van der Waals surface area (Å²) in [6, 6.07) is 54.7. The maximum atomic E-state index is 4.66. The maximum absolute atomic E-state index is 4.66. The predicted molar refractivity (Wildman–Crippen MR) is 269 cm³/mol. The summed E-state index contributed by atoms with van der Waals surface area (Å²) in [6.45, 7) is 0. The third-order valence-corrected chi connectivity index (χ3v) is 14.7. The van der Waals surface area contributed by atoms with Crippen molar-refractivity contribution in [3.63, 3.8) is 0 Å². The number of hydrogen-bond acceptors (Lipinski definition) is 1. The summed E-state index contributed by atoms with van der Waals surface area (Å²) in [5, 5.41) is 5.30. The number of pyridine rings is 1. The fraction of sp³-hybridized carbons (Fsp3) is 0.0984. The Morgan fingerprint density at radius 1 is 0.492 bits per heavy atom. The van der Waals surface area contributed by atoms with E-state index in [2.05, 4.69) is 201 Å². The summed E-state index contributed by atoms with van der Waals surface area (Å²) in [4.78, 5) is 8.05. The van der Waals surface area contributed by atoms with Gasteiger partial charge in [0.1, 0.15) is 0 Å². The van der Waals surface area contributed by atoms with Crippen LogP contribution in [0.3, 0.4) is 0 Å². The number of nitrogens with one attached hydrogen (secondary N) is 1. The van der Waals surface area contributed by atoms with Gasteiger partial charge >= 0.3 is 0 Å². The molecule has 3 aliphatic carbocycles. The van der Waals surface area contributed by atoms with Gasteiger partial charge in [-0.3, -0.25) is 4.98 Å². The van der Waals surface area contributed by atoms with Crippen LogP contribution >= 0.6 is 0 Å². The fourth-order valence-corrected chi connectivity index (χ4v) is 11.8. The van der Waals surface area contributed by atoms with Crippen LogP contribution in [0, 0.1) is 0 Å². The number of aromatic amines is 1. The predicted octanol–water partition coefficient (Wildman–Crippen LogP) is 15.1. The molecule has 7 aromatic carbocycles. The topological polar surface area (TPSA) is 38.5 Å². The average Bonchev–Trinajstić information content (AvgIpc) is 4.11. The zero-order chi connectivity index (χ0) is 42.6. The van der Waals surface area contributed by atoms with Gasteiger partial charge in [0.05, 0.1) is 39.6 Å². The molecular weight excluding hydrogens is 789 g/mol. The Morgan fingerprint density at radius 2 is 1.12 bits per heavy atom. The first kappa shape index (κ1) is 36.5. The summed E-state index contributed by atoms with van der Waals surface area (Å²) >= 11 is 0. The Balaban J connectivity index is 0.984. The average molecular weight is 833 g/mol. The van der Waals surface area contributed by atoms with E-state index in [1.807, 2.05) is 12.4 Å². The van der Waals surface area contributed by atoms with Gasteiger partial charge in [-0.1, -0.05) is 109 Å². The third-order valence-electron chi connectivity index (χ3n) is 14.7. The minimum absolute atomic E-state index is 0.412. The molecule has 3 aliphatic rings. The lowest BCUT2D eigenvalue weighted by Gasteiger charge is -2.31. The van der Waals surface area contributed by atoms with E-state index in [0.29, 0.717) is 5.92 Å². The second-order valence-corrected chi connectivity index (χ2v) is 18.2. The molecule has 4 nitrogen and oxygen atoms in total. The molecule has 1 unspecified atom stereocenters. The van der Waals surface area contributed by atoms with Crippen molar-refractivity contribution in [2.24, 2.45) is 0 Å². The van der Waals surface area contributed by atoms with Gasteiger partial charge < -0.3 is 14.1 Å². The molecule has 308 valence electrons. The summed E-state index contributed by atoms with van der Waals surface area (Å²) in [5.74, 6) is 0.412. The van der Waals surface area contributed by atoms with Crippen molar-refractivity contribution in [3.05, 3.63) is 223 Å². The van der Waals surface area contributed by atoms with Crippen molar-refractivity contribution in [2.45, 2.75) is 38.0 Å². The van der Waals surface area contributed by atoms with Crippen molar-refractivity contribution in [3.8, 4) is 55.9 Å². The van der Waals surface area contributed by atoms with Crippen molar-refractivity contribution in [1.29, 1.82) is 0 Å². The number of nitrogens with zero attached hydrogens (tertiary/aromatic N) is 3. The van der Waals surface area contributed by atoms with Crippen molar-refractivity contribution >= 4 is 43.6 Å². The highest BCUT2D eigenvalue weighted by molar-refractivity contribution is 6.17. The van der Waals surface area contributed by atoms with Crippen molar-refractivity contribution in [1.82, 2.24) is 19.1 Å². The number of rotatable bonds is 6. The Kier molecular flexibility index (Phi) is 8.03. The molecular formula is C61H44N4. The number of hydrogen-bond donors (Lipinski definition) is 1. The molecule has 4 aromatic heterocycles.